The third-order valence-electron chi connectivity index (χ3n) is 2.85. The van der Waals surface area contributed by atoms with Gasteiger partial charge in [0.15, 0.2) is 0 Å². The normalized spacial score (nSPS) is 10.8. The summed E-state index contributed by atoms with van der Waals surface area (Å²) < 4.78 is 2.75. The minimum Gasteiger partial charge on any atom is -0.383 e. The molecule has 0 radical (unpaired) electrons. The molecule has 3 rings (SSSR count). The average molecular weight is 335 g/mol. The average Bonchev–Trinajstić information content (AvgIpc) is 2.96. The van der Waals surface area contributed by atoms with E-state index in [-0.39, 0.29) is 0 Å². The molecule has 0 atom stereocenters. The van der Waals surface area contributed by atoms with Crippen molar-refractivity contribution in [2.24, 2.45) is 7.05 Å². The van der Waals surface area contributed by atoms with E-state index in [1.54, 1.807) is 22.2 Å². The number of aryl methyl sites for hydroxylation is 1. The highest BCUT2D eigenvalue weighted by atomic mass is 79.9. The second-order valence-electron chi connectivity index (χ2n) is 4.09. The maximum atomic E-state index is 6.13. The summed E-state index contributed by atoms with van der Waals surface area (Å²) in [7, 11) is 1.84. The molecule has 0 saturated heterocycles. The number of hydrogen-bond acceptors (Lipinski definition) is 4. The van der Waals surface area contributed by atoms with Gasteiger partial charge in [0.25, 0.3) is 0 Å². The number of thiophene rings is 1. The number of anilines is 1. The number of hydrogen-bond donors (Lipinski definition) is 1. The zero-order valence-electron chi connectivity index (χ0n) is 10.2. The summed E-state index contributed by atoms with van der Waals surface area (Å²) in [6, 6.07) is 7.82. The van der Waals surface area contributed by atoms with Gasteiger partial charge in [-0.05, 0) is 34.1 Å². The van der Waals surface area contributed by atoms with Crippen LogP contribution in [-0.2, 0) is 7.05 Å². The van der Waals surface area contributed by atoms with E-state index in [0.717, 1.165) is 26.3 Å². The quantitative estimate of drug-likeness (QED) is 0.779. The largest absolute Gasteiger partial charge is 0.383 e. The van der Waals surface area contributed by atoms with Gasteiger partial charge in [0.1, 0.15) is 11.5 Å². The molecule has 4 nitrogen and oxygen atoms in total. The zero-order chi connectivity index (χ0) is 13.4. The van der Waals surface area contributed by atoms with Gasteiger partial charge >= 0.3 is 0 Å². The van der Waals surface area contributed by atoms with E-state index >= 15 is 0 Å². The summed E-state index contributed by atoms with van der Waals surface area (Å²) in [5, 5.41) is 6.56. The van der Waals surface area contributed by atoms with Crippen molar-refractivity contribution in [3.63, 3.8) is 0 Å². The van der Waals surface area contributed by atoms with Gasteiger partial charge in [-0.1, -0.05) is 6.07 Å². The van der Waals surface area contributed by atoms with E-state index in [1.165, 1.54) is 0 Å². The monoisotopic (exact) mass is 334 g/mol. The van der Waals surface area contributed by atoms with Gasteiger partial charge in [-0.3, -0.25) is 9.67 Å². The summed E-state index contributed by atoms with van der Waals surface area (Å²) in [6.07, 6.45) is 1.76. The highest BCUT2D eigenvalue weighted by Gasteiger charge is 2.18. The van der Waals surface area contributed by atoms with E-state index in [1.807, 2.05) is 31.3 Å². The fourth-order valence-corrected chi connectivity index (χ4v) is 3.08. The van der Waals surface area contributed by atoms with Crippen LogP contribution in [0.5, 0.6) is 0 Å². The Bertz CT molecular complexity index is 718. The summed E-state index contributed by atoms with van der Waals surface area (Å²) >= 11 is 5.10. The van der Waals surface area contributed by atoms with Crippen LogP contribution >= 0.6 is 27.3 Å². The van der Waals surface area contributed by atoms with E-state index in [4.69, 9.17) is 5.73 Å². The molecular formula is C13H11BrN4S. The molecule has 3 aromatic heterocycles. The summed E-state index contributed by atoms with van der Waals surface area (Å²) in [5.74, 6) is 0.621. The van der Waals surface area contributed by atoms with Crippen LogP contribution in [0, 0.1) is 0 Å². The second kappa shape index (κ2) is 4.79. The molecule has 0 fully saturated rings. The lowest BCUT2D eigenvalue weighted by atomic mass is 10.1. The number of rotatable bonds is 2. The van der Waals surface area contributed by atoms with Crippen molar-refractivity contribution >= 4 is 33.1 Å². The van der Waals surface area contributed by atoms with Crippen LogP contribution in [0.2, 0.25) is 0 Å². The van der Waals surface area contributed by atoms with E-state index in [2.05, 4.69) is 31.4 Å². The van der Waals surface area contributed by atoms with E-state index in [0.29, 0.717) is 5.82 Å². The molecule has 0 aliphatic rings. The van der Waals surface area contributed by atoms with Gasteiger partial charge in [0.05, 0.1) is 15.0 Å². The van der Waals surface area contributed by atoms with Crippen molar-refractivity contribution in [3.8, 4) is 22.5 Å². The highest BCUT2D eigenvalue weighted by Crippen LogP contribution is 2.37. The predicted molar refractivity (Wildman–Crippen MR) is 81.9 cm³/mol. The molecular weight excluding hydrogens is 324 g/mol. The Balaban J connectivity index is 2.24. The first-order chi connectivity index (χ1) is 9.16. The Hall–Kier alpha value is -1.66. The van der Waals surface area contributed by atoms with Crippen LogP contribution in [0.4, 0.5) is 5.82 Å². The number of nitrogen functional groups attached to an aromatic ring is 1. The van der Waals surface area contributed by atoms with Crippen molar-refractivity contribution in [1.29, 1.82) is 0 Å². The molecule has 0 amide bonds. The van der Waals surface area contributed by atoms with Gasteiger partial charge in [0.2, 0.25) is 0 Å². The smallest absolute Gasteiger partial charge is 0.131 e. The van der Waals surface area contributed by atoms with E-state index in [9.17, 15) is 0 Å². The number of pyridine rings is 1. The molecule has 0 bridgehead atoms. The molecule has 3 heterocycles. The van der Waals surface area contributed by atoms with Crippen LogP contribution in [-0.4, -0.2) is 14.8 Å². The first kappa shape index (κ1) is 12.4. The zero-order valence-corrected chi connectivity index (χ0v) is 12.6. The van der Waals surface area contributed by atoms with Gasteiger partial charge in [-0.15, -0.1) is 11.3 Å². The molecule has 0 unspecified atom stereocenters. The molecule has 3 aromatic rings. The maximum absolute atomic E-state index is 6.13. The standard InChI is InChI=1S/C13H11BrN4S/c1-18-13(15)11(9-4-2-3-5-16-9)12(17-18)8-6-10(14)19-7-8/h2-7H,15H2,1H3. The number of nitrogens with zero attached hydrogens (tertiary/aromatic N) is 3. The Kier molecular flexibility index (Phi) is 3.12. The molecule has 96 valence electrons. The first-order valence-corrected chi connectivity index (χ1v) is 7.32. The minimum atomic E-state index is 0.621. The van der Waals surface area contributed by atoms with Crippen molar-refractivity contribution in [1.82, 2.24) is 14.8 Å². The lowest BCUT2D eigenvalue weighted by molar-refractivity contribution is 0.782. The minimum absolute atomic E-state index is 0.621. The SMILES string of the molecule is Cn1nc(-c2csc(Br)c2)c(-c2ccccn2)c1N. The van der Waals surface area contributed by atoms with Crippen molar-refractivity contribution in [2.75, 3.05) is 5.73 Å². The Morgan fingerprint density at radius 2 is 2.21 bits per heavy atom. The highest BCUT2D eigenvalue weighted by molar-refractivity contribution is 9.11. The lowest BCUT2D eigenvalue weighted by Gasteiger charge is -2.01. The van der Waals surface area contributed by atoms with Crippen molar-refractivity contribution in [3.05, 3.63) is 39.6 Å². The van der Waals surface area contributed by atoms with Gasteiger partial charge < -0.3 is 5.73 Å². The summed E-state index contributed by atoms with van der Waals surface area (Å²) in [4.78, 5) is 4.37. The third kappa shape index (κ3) is 2.17. The van der Waals surface area contributed by atoms with Gasteiger partial charge in [0, 0.05) is 24.2 Å². The number of nitrogens with two attached hydrogens (primary N) is 1. The molecule has 0 spiro atoms. The molecule has 0 aliphatic carbocycles. The van der Waals surface area contributed by atoms with E-state index < -0.39 is 0 Å². The lowest BCUT2D eigenvalue weighted by Crippen LogP contribution is -1.98. The Morgan fingerprint density at radius 3 is 2.84 bits per heavy atom. The predicted octanol–water partition coefficient (Wildman–Crippen LogP) is 3.56. The number of aromatic nitrogens is 3. The first-order valence-electron chi connectivity index (χ1n) is 5.65. The van der Waals surface area contributed by atoms with Crippen molar-refractivity contribution < 1.29 is 0 Å². The third-order valence-corrected chi connectivity index (χ3v) is 4.36. The molecule has 19 heavy (non-hydrogen) atoms. The summed E-state index contributed by atoms with van der Waals surface area (Å²) in [5.41, 5.74) is 9.76. The summed E-state index contributed by atoms with van der Waals surface area (Å²) in [6.45, 7) is 0. The molecule has 0 aliphatic heterocycles. The topological polar surface area (TPSA) is 56.7 Å². The second-order valence-corrected chi connectivity index (χ2v) is 6.38. The van der Waals surface area contributed by atoms with Crippen LogP contribution in [0.15, 0.2) is 39.6 Å². The maximum Gasteiger partial charge on any atom is 0.131 e. The number of halogens is 1. The van der Waals surface area contributed by atoms with Crippen molar-refractivity contribution in [2.45, 2.75) is 0 Å². The van der Waals surface area contributed by atoms with Crippen LogP contribution in [0.25, 0.3) is 22.5 Å². The Labute approximate surface area is 123 Å². The fraction of sp³-hybridized carbons (Fsp3) is 0.0769. The molecule has 2 N–H and O–H groups in total. The van der Waals surface area contributed by atoms with Crippen LogP contribution in [0.3, 0.4) is 0 Å². The fourth-order valence-electron chi connectivity index (χ4n) is 1.94. The molecule has 0 aromatic carbocycles. The van der Waals surface area contributed by atoms with Crippen LogP contribution in [0.1, 0.15) is 0 Å². The molecule has 6 heteroatoms. The Morgan fingerprint density at radius 1 is 1.37 bits per heavy atom. The van der Waals surface area contributed by atoms with Gasteiger partial charge in [-0.2, -0.15) is 5.10 Å². The van der Waals surface area contributed by atoms with Crippen LogP contribution < -0.4 is 5.73 Å². The molecule has 0 saturated carbocycles. The van der Waals surface area contributed by atoms with Gasteiger partial charge in [-0.25, -0.2) is 0 Å².